The van der Waals surface area contributed by atoms with Crippen LogP contribution in [0.4, 0.5) is 5.69 Å². The first-order chi connectivity index (χ1) is 13.3. The van der Waals surface area contributed by atoms with E-state index < -0.39 is 0 Å². The molecule has 3 aromatic rings. The van der Waals surface area contributed by atoms with Crippen LogP contribution in [0.3, 0.4) is 0 Å². The maximum absolute atomic E-state index is 13.4. The summed E-state index contributed by atoms with van der Waals surface area (Å²) in [5.74, 6) is 0.829. The summed E-state index contributed by atoms with van der Waals surface area (Å²) in [5, 5.41) is 1.85. The molecule has 1 saturated heterocycles. The Morgan fingerprint density at radius 1 is 1.04 bits per heavy atom. The van der Waals surface area contributed by atoms with Gasteiger partial charge < -0.3 is 14.5 Å². The number of anilines is 1. The normalized spacial score (nSPS) is 17.2. The van der Waals surface area contributed by atoms with E-state index in [-0.39, 0.29) is 5.91 Å². The molecule has 1 amide bonds. The van der Waals surface area contributed by atoms with Crippen molar-refractivity contribution in [2.45, 2.75) is 19.3 Å². The summed E-state index contributed by atoms with van der Waals surface area (Å²) >= 11 is 0. The summed E-state index contributed by atoms with van der Waals surface area (Å²) < 4.78 is 5.38. The molecule has 0 saturated carbocycles. The molecule has 27 heavy (non-hydrogen) atoms. The average Bonchev–Trinajstić information content (AvgIpc) is 3.00. The van der Waals surface area contributed by atoms with Crippen LogP contribution < -0.4 is 9.64 Å². The second-order valence-electron chi connectivity index (χ2n) is 7.40. The fourth-order valence-corrected chi connectivity index (χ4v) is 4.42. The van der Waals surface area contributed by atoms with E-state index in [9.17, 15) is 4.79 Å². The molecule has 3 heterocycles. The zero-order chi connectivity index (χ0) is 18.4. The van der Waals surface area contributed by atoms with E-state index >= 15 is 0 Å². The highest BCUT2D eigenvalue weighted by atomic mass is 16.5. The molecule has 5 heteroatoms. The standard InChI is InChI=1S/C22H23N3O2/c1-27-15-8-9-17-16(14-15)20-21-18(23-17)6-5-7-19(21)25(22(20)26)13-12-24-10-3-2-4-11-24/h5-9,14H,2-4,10-13H2,1H3. The van der Waals surface area contributed by atoms with Gasteiger partial charge in [0.15, 0.2) is 0 Å². The van der Waals surface area contributed by atoms with Gasteiger partial charge in [0.2, 0.25) is 0 Å². The van der Waals surface area contributed by atoms with Gasteiger partial charge in [0, 0.05) is 23.9 Å². The first kappa shape index (κ1) is 16.5. The largest absolute Gasteiger partial charge is 0.497 e. The number of rotatable bonds is 4. The molecule has 1 aromatic heterocycles. The first-order valence-electron chi connectivity index (χ1n) is 9.71. The fourth-order valence-electron chi connectivity index (χ4n) is 4.42. The van der Waals surface area contributed by atoms with Gasteiger partial charge in [-0.15, -0.1) is 0 Å². The van der Waals surface area contributed by atoms with Gasteiger partial charge in [-0.2, -0.15) is 0 Å². The van der Waals surface area contributed by atoms with Gasteiger partial charge in [-0.1, -0.05) is 12.5 Å². The molecule has 0 aliphatic carbocycles. The first-order valence-corrected chi connectivity index (χ1v) is 9.71. The van der Waals surface area contributed by atoms with Crippen LogP contribution in [0.25, 0.3) is 21.8 Å². The van der Waals surface area contributed by atoms with E-state index in [0.29, 0.717) is 0 Å². The minimum Gasteiger partial charge on any atom is -0.497 e. The summed E-state index contributed by atoms with van der Waals surface area (Å²) in [7, 11) is 1.65. The number of pyridine rings is 1. The Bertz CT molecular complexity index is 1040. The second kappa shape index (κ2) is 6.50. The van der Waals surface area contributed by atoms with E-state index in [0.717, 1.165) is 65.0 Å². The van der Waals surface area contributed by atoms with Gasteiger partial charge in [0.05, 0.1) is 29.4 Å². The predicted molar refractivity (Wildman–Crippen MR) is 108 cm³/mol. The van der Waals surface area contributed by atoms with Crippen LogP contribution >= 0.6 is 0 Å². The number of fused-ring (bicyclic) bond motifs is 2. The predicted octanol–water partition coefficient (Wildman–Crippen LogP) is 3.84. The van der Waals surface area contributed by atoms with Crippen molar-refractivity contribution in [1.82, 2.24) is 9.88 Å². The number of carbonyl (C=O) groups is 1. The lowest BCUT2D eigenvalue weighted by molar-refractivity contribution is 0.0990. The maximum atomic E-state index is 13.4. The lowest BCUT2D eigenvalue weighted by Gasteiger charge is -2.28. The van der Waals surface area contributed by atoms with Crippen LogP contribution in [0.1, 0.15) is 29.6 Å². The molecule has 138 valence electrons. The van der Waals surface area contributed by atoms with Crippen molar-refractivity contribution in [3.8, 4) is 5.75 Å². The van der Waals surface area contributed by atoms with Crippen LogP contribution in [0.15, 0.2) is 36.4 Å². The molecule has 0 unspecified atom stereocenters. The van der Waals surface area contributed by atoms with Crippen LogP contribution in [0.5, 0.6) is 5.75 Å². The highest BCUT2D eigenvalue weighted by molar-refractivity contribution is 6.30. The van der Waals surface area contributed by atoms with Gasteiger partial charge in [-0.25, -0.2) is 4.98 Å². The van der Waals surface area contributed by atoms with E-state index in [1.165, 1.54) is 19.3 Å². The van der Waals surface area contributed by atoms with Crippen LogP contribution in [-0.2, 0) is 0 Å². The number of ether oxygens (including phenoxy) is 1. The van der Waals surface area contributed by atoms with Crippen LogP contribution in [0.2, 0.25) is 0 Å². The highest BCUT2D eigenvalue weighted by Crippen LogP contribution is 2.40. The van der Waals surface area contributed by atoms with Crippen molar-refractivity contribution < 1.29 is 9.53 Å². The van der Waals surface area contributed by atoms with Gasteiger partial charge in [0.1, 0.15) is 5.75 Å². The summed E-state index contributed by atoms with van der Waals surface area (Å²) in [5.41, 5.74) is 3.47. The Kier molecular flexibility index (Phi) is 3.97. The zero-order valence-electron chi connectivity index (χ0n) is 15.6. The molecule has 2 aromatic carbocycles. The third-order valence-corrected chi connectivity index (χ3v) is 5.82. The average molecular weight is 361 g/mol. The van der Waals surface area contributed by atoms with Gasteiger partial charge >= 0.3 is 0 Å². The molecule has 1 fully saturated rings. The Morgan fingerprint density at radius 2 is 1.89 bits per heavy atom. The Hall–Kier alpha value is -2.66. The molecule has 2 aliphatic rings. The van der Waals surface area contributed by atoms with E-state index in [1.807, 2.05) is 41.3 Å². The molecule has 0 radical (unpaired) electrons. The Labute approximate surface area is 158 Å². The zero-order valence-corrected chi connectivity index (χ0v) is 15.6. The second-order valence-corrected chi connectivity index (χ2v) is 7.40. The molecule has 0 spiro atoms. The topological polar surface area (TPSA) is 45.7 Å². The number of nitrogens with zero attached hydrogens (tertiary/aromatic N) is 3. The van der Waals surface area contributed by atoms with Crippen LogP contribution in [0, 0.1) is 0 Å². The molecule has 0 atom stereocenters. The maximum Gasteiger partial charge on any atom is 0.259 e. The van der Waals surface area contributed by atoms with Crippen molar-refractivity contribution in [2.75, 3.05) is 38.2 Å². The van der Waals surface area contributed by atoms with Crippen molar-refractivity contribution in [3.63, 3.8) is 0 Å². The van der Waals surface area contributed by atoms with Crippen molar-refractivity contribution in [2.24, 2.45) is 0 Å². The number of piperidine rings is 1. The van der Waals surface area contributed by atoms with E-state index in [1.54, 1.807) is 7.11 Å². The number of carbonyl (C=O) groups excluding carboxylic acids is 1. The number of benzene rings is 2. The summed E-state index contributed by atoms with van der Waals surface area (Å²) in [6.07, 6.45) is 3.85. The smallest absolute Gasteiger partial charge is 0.259 e. The number of amides is 1. The number of hydrogen-bond acceptors (Lipinski definition) is 4. The number of likely N-dealkylation sites (tertiary alicyclic amines) is 1. The molecule has 5 nitrogen and oxygen atoms in total. The van der Waals surface area contributed by atoms with Crippen molar-refractivity contribution in [1.29, 1.82) is 0 Å². The quantitative estimate of drug-likeness (QED) is 0.663. The summed E-state index contributed by atoms with van der Waals surface area (Å²) in [4.78, 5) is 22.6. The monoisotopic (exact) mass is 361 g/mol. The molecule has 0 bridgehead atoms. The highest BCUT2D eigenvalue weighted by Gasteiger charge is 2.32. The minimum absolute atomic E-state index is 0.0823. The third-order valence-electron chi connectivity index (χ3n) is 5.82. The number of aromatic nitrogens is 1. The number of hydrogen-bond donors (Lipinski definition) is 0. The summed E-state index contributed by atoms with van der Waals surface area (Å²) in [6.45, 7) is 3.92. The van der Waals surface area contributed by atoms with Crippen molar-refractivity contribution >= 4 is 33.4 Å². The van der Waals surface area contributed by atoms with E-state index in [2.05, 4.69) is 4.90 Å². The fraction of sp³-hybridized carbons (Fsp3) is 0.364. The van der Waals surface area contributed by atoms with E-state index in [4.69, 9.17) is 9.72 Å². The van der Waals surface area contributed by atoms with Gasteiger partial charge in [0.25, 0.3) is 5.91 Å². The molecular weight excluding hydrogens is 338 g/mol. The summed E-state index contributed by atoms with van der Waals surface area (Å²) in [6, 6.07) is 11.8. The minimum atomic E-state index is 0.0823. The van der Waals surface area contributed by atoms with Crippen molar-refractivity contribution in [3.05, 3.63) is 42.0 Å². The van der Waals surface area contributed by atoms with Gasteiger partial charge in [-0.3, -0.25) is 4.79 Å². The Balaban J connectivity index is 1.58. The third kappa shape index (κ3) is 2.65. The number of methoxy groups -OCH3 is 1. The van der Waals surface area contributed by atoms with Crippen LogP contribution in [-0.4, -0.2) is 49.1 Å². The van der Waals surface area contributed by atoms with Gasteiger partial charge in [-0.05, 0) is 56.3 Å². The lowest BCUT2D eigenvalue weighted by atomic mass is 10.0. The SMILES string of the molecule is COc1ccc2nc3cccc4c3c(c2c1)C(=O)N4CCN1CCCCC1. The molecule has 2 aliphatic heterocycles. The Morgan fingerprint density at radius 3 is 2.70 bits per heavy atom. The molecule has 0 N–H and O–H groups in total. The molecular formula is C22H23N3O2. The lowest BCUT2D eigenvalue weighted by Crippen LogP contribution is -2.39. The molecule has 5 rings (SSSR count).